The Balaban J connectivity index is 2.09. The van der Waals surface area contributed by atoms with Gasteiger partial charge in [-0.3, -0.25) is 4.79 Å². The first-order chi connectivity index (χ1) is 15.5. The molecule has 1 aliphatic heterocycles. The van der Waals surface area contributed by atoms with Gasteiger partial charge in [0.1, 0.15) is 35.6 Å². The normalized spacial score (nSPS) is 25.8. The van der Waals surface area contributed by atoms with Gasteiger partial charge in [-0.05, 0) is 32.0 Å². The number of carbonyl (C=O) groups is 1. The number of rotatable bonds is 6. The quantitative estimate of drug-likeness (QED) is 0.137. The first kappa shape index (κ1) is 24.1. The average Bonchev–Trinajstić information content (AvgIpc) is 2.77. The fourth-order valence-electron chi connectivity index (χ4n) is 3.16. The summed E-state index contributed by atoms with van der Waals surface area (Å²) in [5, 5.41) is 69.4. The lowest BCUT2D eigenvalue weighted by atomic mass is 10.00. The molecule has 1 aliphatic rings. The standard InChI is InChI=1S/C22H24O11/c1-9-14(26)6-12(24)7-16(9)32-21(11-3-4-13(25)15(27)5-11)17(8-23)33-22-20(30)19(29)18(28)10(2)31-22/h3-8,10,18-20,22,24-30H,1-2H3/b21-17+. The maximum Gasteiger partial charge on any atom is 0.229 e. The molecule has 0 saturated carbocycles. The molecule has 178 valence electrons. The Morgan fingerprint density at radius 1 is 0.939 bits per heavy atom. The number of aldehydes is 1. The molecule has 1 fully saturated rings. The maximum absolute atomic E-state index is 12.0. The monoisotopic (exact) mass is 464 g/mol. The molecule has 0 aliphatic carbocycles. The summed E-state index contributed by atoms with van der Waals surface area (Å²) in [4.78, 5) is 12.0. The lowest BCUT2D eigenvalue weighted by Crippen LogP contribution is -2.57. The van der Waals surface area contributed by atoms with Crippen molar-refractivity contribution in [3.63, 3.8) is 0 Å². The van der Waals surface area contributed by atoms with E-state index in [4.69, 9.17) is 14.2 Å². The Morgan fingerprint density at radius 3 is 2.27 bits per heavy atom. The molecule has 0 amide bonds. The van der Waals surface area contributed by atoms with Gasteiger partial charge in [0.2, 0.25) is 12.0 Å². The summed E-state index contributed by atoms with van der Waals surface area (Å²) in [6.07, 6.45) is -7.07. The number of hydrogen-bond donors (Lipinski definition) is 7. The Labute approximate surface area is 188 Å². The van der Waals surface area contributed by atoms with E-state index in [1.165, 1.54) is 19.9 Å². The molecule has 11 heteroatoms. The fourth-order valence-corrected chi connectivity index (χ4v) is 3.16. The molecule has 1 saturated heterocycles. The third kappa shape index (κ3) is 4.96. The minimum absolute atomic E-state index is 0.0357. The lowest BCUT2D eigenvalue weighted by Gasteiger charge is -2.38. The van der Waals surface area contributed by atoms with E-state index in [2.05, 4.69) is 0 Å². The van der Waals surface area contributed by atoms with E-state index in [1.54, 1.807) is 0 Å². The SMILES string of the molecule is Cc1c(O)cc(O)cc1O/C(=C(\C=O)OC1OC(C)C(O)C(O)C1O)c1ccc(O)c(O)c1. The number of phenolic OH excluding ortho intramolecular Hbond substituents is 4. The second kappa shape index (κ2) is 9.55. The summed E-state index contributed by atoms with van der Waals surface area (Å²) < 4.78 is 16.6. The topological polar surface area (TPSA) is 186 Å². The summed E-state index contributed by atoms with van der Waals surface area (Å²) in [6, 6.07) is 5.71. The highest BCUT2D eigenvalue weighted by Crippen LogP contribution is 2.37. The Morgan fingerprint density at radius 2 is 1.64 bits per heavy atom. The van der Waals surface area contributed by atoms with Gasteiger partial charge in [-0.25, -0.2) is 0 Å². The van der Waals surface area contributed by atoms with Gasteiger partial charge in [0.25, 0.3) is 0 Å². The van der Waals surface area contributed by atoms with Gasteiger partial charge in [-0.15, -0.1) is 0 Å². The van der Waals surface area contributed by atoms with E-state index in [9.17, 15) is 40.5 Å². The number of phenols is 4. The first-order valence-electron chi connectivity index (χ1n) is 9.82. The zero-order chi connectivity index (χ0) is 24.4. The van der Waals surface area contributed by atoms with Gasteiger partial charge >= 0.3 is 0 Å². The predicted molar refractivity (Wildman–Crippen MR) is 111 cm³/mol. The van der Waals surface area contributed by atoms with Crippen LogP contribution in [0, 0.1) is 6.92 Å². The molecule has 5 atom stereocenters. The maximum atomic E-state index is 12.0. The number of aromatic hydroxyl groups is 4. The highest BCUT2D eigenvalue weighted by Gasteiger charge is 2.43. The van der Waals surface area contributed by atoms with Gasteiger partial charge in [0.05, 0.1) is 6.10 Å². The highest BCUT2D eigenvalue weighted by atomic mass is 16.7. The smallest absolute Gasteiger partial charge is 0.229 e. The van der Waals surface area contributed by atoms with Crippen molar-refractivity contribution in [3.8, 4) is 28.7 Å². The first-order valence-corrected chi connectivity index (χ1v) is 9.82. The number of allylic oxidation sites excluding steroid dienone is 1. The highest BCUT2D eigenvalue weighted by molar-refractivity contribution is 5.84. The summed E-state index contributed by atoms with van der Waals surface area (Å²) in [6.45, 7) is 2.90. The van der Waals surface area contributed by atoms with Gasteiger partial charge < -0.3 is 50.0 Å². The van der Waals surface area contributed by atoms with Gasteiger partial charge in [-0.1, -0.05) is 0 Å². The fraction of sp³-hybridized carbons (Fsp3) is 0.318. The third-order valence-corrected chi connectivity index (χ3v) is 5.15. The number of aliphatic hydroxyl groups is 3. The Bertz CT molecular complexity index is 1060. The van der Waals surface area contributed by atoms with Crippen molar-refractivity contribution in [2.24, 2.45) is 0 Å². The van der Waals surface area contributed by atoms with Gasteiger partial charge in [0.15, 0.2) is 23.5 Å². The van der Waals surface area contributed by atoms with Crippen LogP contribution in [0.4, 0.5) is 0 Å². The van der Waals surface area contributed by atoms with Crippen LogP contribution in [0.25, 0.3) is 5.76 Å². The number of benzene rings is 2. The van der Waals surface area contributed by atoms with Crippen molar-refractivity contribution in [1.29, 1.82) is 0 Å². The summed E-state index contributed by atoms with van der Waals surface area (Å²) in [5.74, 6) is -2.60. The van der Waals surface area contributed by atoms with Crippen molar-refractivity contribution >= 4 is 12.0 Å². The van der Waals surface area contributed by atoms with E-state index in [0.717, 1.165) is 24.3 Å². The summed E-state index contributed by atoms with van der Waals surface area (Å²) in [7, 11) is 0. The Hall–Kier alpha value is -3.51. The molecule has 7 N–H and O–H groups in total. The molecule has 2 aromatic carbocycles. The molecule has 1 heterocycles. The van der Waals surface area contributed by atoms with Crippen LogP contribution in [0.15, 0.2) is 36.1 Å². The molecule has 0 spiro atoms. The Kier molecular flexibility index (Phi) is 6.98. The van der Waals surface area contributed by atoms with Crippen LogP contribution in [-0.4, -0.2) is 72.7 Å². The van der Waals surface area contributed by atoms with E-state index in [1.807, 2.05) is 0 Å². The van der Waals surface area contributed by atoms with Crippen LogP contribution >= 0.6 is 0 Å². The van der Waals surface area contributed by atoms with E-state index >= 15 is 0 Å². The number of carbonyl (C=O) groups excluding carboxylic acids is 1. The van der Waals surface area contributed by atoms with Crippen molar-refractivity contribution in [1.82, 2.24) is 0 Å². The molecule has 2 aromatic rings. The van der Waals surface area contributed by atoms with Crippen LogP contribution in [0.5, 0.6) is 28.7 Å². The van der Waals surface area contributed by atoms with Crippen LogP contribution in [-0.2, 0) is 14.3 Å². The van der Waals surface area contributed by atoms with E-state index in [0.29, 0.717) is 0 Å². The molecule has 0 bridgehead atoms. The zero-order valence-electron chi connectivity index (χ0n) is 17.6. The molecular formula is C22H24O11. The molecule has 33 heavy (non-hydrogen) atoms. The molecule has 0 radical (unpaired) electrons. The molecule has 0 aromatic heterocycles. The van der Waals surface area contributed by atoms with Crippen LogP contribution in [0.1, 0.15) is 18.1 Å². The van der Waals surface area contributed by atoms with Crippen molar-refractivity contribution < 1.29 is 54.8 Å². The van der Waals surface area contributed by atoms with Crippen LogP contribution in [0.2, 0.25) is 0 Å². The minimum Gasteiger partial charge on any atom is -0.508 e. The largest absolute Gasteiger partial charge is 0.508 e. The molecule has 11 nitrogen and oxygen atoms in total. The van der Waals surface area contributed by atoms with Crippen molar-refractivity contribution in [3.05, 3.63) is 47.2 Å². The lowest BCUT2D eigenvalue weighted by molar-refractivity contribution is -0.281. The number of ether oxygens (including phenoxy) is 3. The minimum atomic E-state index is -1.73. The average molecular weight is 464 g/mol. The van der Waals surface area contributed by atoms with Gasteiger partial charge in [0, 0.05) is 23.3 Å². The van der Waals surface area contributed by atoms with Crippen molar-refractivity contribution in [2.75, 3.05) is 0 Å². The van der Waals surface area contributed by atoms with E-state index in [-0.39, 0.29) is 40.4 Å². The van der Waals surface area contributed by atoms with Gasteiger partial charge in [-0.2, -0.15) is 0 Å². The van der Waals surface area contributed by atoms with Crippen LogP contribution in [0.3, 0.4) is 0 Å². The number of hydrogen-bond acceptors (Lipinski definition) is 11. The summed E-state index contributed by atoms with van der Waals surface area (Å²) >= 11 is 0. The van der Waals surface area contributed by atoms with Crippen LogP contribution < -0.4 is 4.74 Å². The third-order valence-electron chi connectivity index (χ3n) is 5.15. The van der Waals surface area contributed by atoms with Crippen molar-refractivity contribution in [2.45, 2.75) is 44.6 Å². The molecule has 3 rings (SSSR count). The molecular weight excluding hydrogens is 440 g/mol. The number of aliphatic hydroxyl groups excluding tert-OH is 3. The molecule has 5 unspecified atom stereocenters. The summed E-state index contributed by atoms with van der Waals surface area (Å²) in [5.41, 5.74) is 0.230. The second-order valence-corrected chi connectivity index (χ2v) is 7.50. The zero-order valence-corrected chi connectivity index (χ0v) is 17.6. The predicted octanol–water partition coefficient (Wildman–Crippen LogP) is 0.608. The van der Waals surface area contributed by atoms with E-state index < -0.39 is 48.0 Å². The second-order valence-electron chi connectivity index (χ2n) is 7.50.